The summed E-state index contributed by atoms with van der Waals surface area (Å²) in [4.78, 5) is 26.3. The molecule has 3 N–H and O–H groups in total. The van der Waals surface area contributed by atoms with Gasteiger partial charge >= 0.3 is 0 Å². The Bertz CT molecular complexity index is 631. The first kappa shape index (κ1) is 19.1. The number of nitrogens with two attached hydrogens (primary N) is 1. The van der Waals surface area contributed by atoms with Crippen LogP contribution in [0.2, 0.25) is 0 Å². The number of rotatable bonds is 7. The van der Waals surface area contributed by atoms with E-state index in [9.17, 15) is 9.59 Å². The van der Waals surface area contributed by atoms with Gasteiger partial charge in [-0.2, -0.15) is 0 Å². The van der Waals surface area contributed by atoms with Crippen molar-refractivity contribution < 1.29 is 19.1 Å². The number of likely N-dealkylation sites (N-methyl/N-ethyl adjacent to an activating group) is 1. The molecule has 1 aliphatic rings. The van der Waals surface area contributed by atoms with Crippen molar-refractivity contribution in [2.24, 2.45) is 5.73 Å². The molecule has 1 unspecified atom stereocenters. The molecule has 0 aliphatic carbocycles. The molecule has 0 bridgehead atoms. The lowest BCUT2D eigenvalue weighted by Crippen LogP contribution is -2.54. The summed E-state index contributed by atoms with van der Waals surface area (Å²) in [7, 11) is 0. The summed E-state index contributed by atoms with van der Waals surface area (Å²) < 4.78 is 11.0. The average molecular weight is 349 g/mol. The van der Waals surface area contributed by atoms with Gasteiger partial charge in [-0.25, -0.2) is 0 Å². The quantitative estimate of drug-likeness (QED) is 0.782. The number of carbonyl (C=O) groups is 2. The van der Waals surface area contributed by atoms with Crippen molar-refractivity contribution in [2.45, 2.75) is 39.2 Å². The zero-order valence-corrected chi connectivity index (χ0v) is 15.1. The van der Waals surface area contributed by atoms with E-state index in [0.717, 1.165) is 6.42 Å². The van der Waals surface area contributed by atoms with E-state index >= 15 is 0 Å². The third-order valence-corrected chi connectivity index (χ3v) is 4.09. The van der Waals surface area contributed by atoms with Crippen LogP contribution in [0.25, 0.3) is 0 Å². The highest BCUT2D eigenvalue weighted by Crippen LogP contribution is 2.32. The number of benzene rings is 1. The molecule has 0 saturated heterocycles. The minimum Gasteiger partial charge on any atom is -0.486 e. The fourth-order valence-corrected chi connectivity index (χ4v) is 2.81. The summed E-state index contributed by atoms with van der Waals surface area (Å²) >= 11 is 0. The zero-order chi connectivity index (χ0) is 18.4. The maximum atomic E-state index is 12.5. The summed E-state index contributed by atoms with van der Waals surface area (Å²) in [5, 5.41) is 2.79. The number of fused-ring (bicyclic) bond motifs is 1. The first-order valence-electron chi connectivity index (χ1n) is 8.65. The van der Waals surface area contributed by atoms with E-state index < -0.39 is 5.54 Å². The number of amides is 2. The lowest BCUT2D eigenvalue weighted by molar-refractivity contribution is -0.139. The highest BCUT2D eigenvalue weighted by Gasteiger charge is 2.32. The Morgan fingerprint density at radius 2 is 1.92 bits per heavy atom. The van der Waals surface area contributed by atoms with E-state index in [2.05, 4.69) is 5.32 Å². The van der Waals surface area contributed by atoms with Gasteiger partial charge in [0.15, 0.2) is 11.5 Å². The van der Waals surface area contributed by atoms with Crippen molar-refractivity contribution in [3.8, 4) is 11.5 Å². The molecule has 1 atom stereocenters. The van der Waals surface area contributed by atoms with Gasteiger partial charge in [0.2, 0.25) is 11.8 Å². The molecular weight excluding hydrogens is 322 g/mol. The summed E-state index contributed by atoms with van der Waals surface area (Å²) in [6.45, 7) is 6.89. The van der Waals surface area contributed by atoms with Gasteiger partial charge in [-0.3, -0.25) is 9.59 Å². The summed E-state index contributed by atoms with van der Waals surface area (Å²) in [6, 6.07) is 5.22. The fraction of sp³-hybridized carbons (Fsp3) is 0.556. The van der Waals surface area contributed by atoms with Crippen LogP contribution in [0.3, 0.4) is 0 Å². The molecule has 1 aliphatic heterocycles. The van der Waals surface area contributed by atoms with Gasteiger partial charge in [-0.05, 0) is 32.4 Å². The van der Waals surface area contributed by atoms with Crippen molar-refractivity contribution in [2.75, 3.05) is 31.6 Å². The fourth-order valence-electron chi connectivity index (χ4n) is 2.81. The molecule has 138 valence electrons. The predicted molar refractivity (Wildman–Crippen MR) is 95.8 cm³/mol. The van der Waals surface area contributed by atoms with Crippen LogP contribution in [0, 0.1) is 0 Å². The number of anilines is 1. The smallest absolute Gasteiger partial charge is 0.243 e. The highest BCUT2D eigenvalue weighted by atomic mass is 16.6. The number of hydrogen-bond donors (Lipinski definition) is 2. The van der Waals surface area contributed by atoms with E-state index in [1.165, 1.54) is 4.90 Å². The second-order valence-electron chi connectivity index (χ2n) is 6.39. The van der Waals surface area contributed by atoms with Crippen molar-refractivity contribution in [3.63, 3.8) is 0 Å². The first-order chi connectivity index (χ1) is 11.9. The highest BCUT2D eigenvalue weighted by molar-refractivity contribution is 5.96. The lowest BCUT2D eigenvalue weighted by Gasteiger charge is -2.30. The molecule has 7 heteroatoms. The van der Waals surface area contributed by atoms with Gasteiger partial charge in [0.25, 0.3) is 0 Å². The Morgan fingerprint density at radius 3 is 2.56 bits per heavy atom. The van der Waals surface area contributed by atoms with Crippen LogP contribution in [0.1, 0.15) is 33.6 Å². The summed E-state index contributed by atoms with van der Waals surface area (Å²) in [5.74, 6) is 0.770. The van der Waals surface area contributed by atoms with Crippen molar-refractivity contribution in [1.82, 2.24) is 4.90 Å². The molecule has 0 radical (unpaired) electrons. The minimum atomic E-state index is -0.956. The van der Waals surface area contributed by atoms with Gasteiger partial charge in [0.05, 0.1) is 12.1 Å². The molecule has 0 spiro atoms. The van der Waals surface area contributed by atoms with Crippen LogP contribution in [-0.2, 0) is 9.59 Å². The molecular formula is C18H27N3O4. The van der Waals surface area contributed by atoms with E-state index in [0.29, 0.717) is 43.4 Å². The number of ether oxygens (including phenoxy) is 2. The van der Waals surface area contributed by atoms with Gasteiger partial charge in [-0.15, -0.1) is 0 Å². The third-order valence-electron chi connectivity index (χ3n) is 4.09. The molecule has 2 rings (SSSR count). The molecule has 1 aromatic carbocycles. The second-order valence-corrected chi connectivity index (χ2v) is 6.39. The standard InChI is InChI=1S/C18H27N3O4/c1-4-8-18(3,19)17(23)21(5-2)12-16(22)20-13-6-7-14-15(11-13)25-10-9-24-14/h6-7,11H,4-5,8-10,12,19H2,1-3H3,(H,20,22). The number of nitrogens with zero attached hydrogens (tertiary/aromatic N) is 1. The van der Waals surface area contributed by atoms with Crippen LogP contribution in [0.5, 0.6) is 11.5 Å². The lowest BCUT2D eigenvalue weighted by atomic mass is 9.95. The molecule has 1 aromatic rings. The zero-order valence-electron chi connectivity index (χ0n) is 15.1. The molecule has 0 fully saturated rings. The van der Waals surface area contributed by atoms with Crippen LogP contribution in [0.4, 0.5) is 5.69 Å². The normalized spacial score (nSPS) is 15.2. The van der Waals surface area contributed by atoms with Crippen molar-refractivity contribution in [1.29, 1.82) is 0 Å². The van der Waals surface area contributed by atoms with Crippen molar-refractivity contribution >= 4 is 17.5 Å². The summed E-state index contributed by atoms with van der Waals surface area (Å²) in [6.07, 6.45) is 1.38. The second kappa shape index (κ2) is 8.20. The van der Waals surface area contributed by atoms with Crippen molar-refractivity contribution in [3.05, 3.63) is 18.2 Å². The van der Waals surface area contributed by atoms with E-state index in [-0.39, 0.29) is 18.4 Å². The third kappa shape index (κ3) is 4.85. The topological polar surface area (TPSA) is 93.9 Å². The molecule has 0 saturated carbocycles. The van der Waals surface area contributed by atoms with E-state index in [4.69, 9.17) is 15.2 Å². The first-order valence-corrected chi connectivity index (χ1v) is 8.65. The van der Waals surface area contributed by atoms with Crippen LogP contribution >= 0.6 is 0 Å². The Labute approximate surface area is 148 Å². The molecule has 7 nitrogen and oxygen atoms in total. The minimum absolute atomic E-state index is 0.0414. The Kier molecular flexibility index (Phi) is 6.25. The SMILES string of the molecule is CCCC(C)(N)C(=O)N(CC)CC(=O)Nc1ccc2c(c1)OCCO2. The van der Waals surface area contributed by atoms with Gasteiger partial charge < -0.3 is 25.4 Å². The Morgan fingerprint density at radius 1 is 1.24 bits per heavy atom. The average Bonchev–Trinajstić information content (AvgIpc) is 2.59. The van der Waals surface area contributed by atoms with Gasteiger partial charge in [0.1, 0.15) is 13.2 Å². The van der Waals surface area contributed by atoms with E-state index in [1.807, 2.05) is 13.8 Å². The predicted octanol–water partition coefficient (Wildman–Crippen LogP) is 1.76. The van der Waals surface area contributed by atoms with Crippen LogP contribution < -0.4 is 20.5 Å². The Hall–Kier alpha value is -2.28. The Balaban J connectivity index is 1.99. The maximum Gasteiger partial charge on any atom is 0.243 e. The largest absolute Gasteiger partial charge is 0.486 e. The number of carbonyl (C=O) groups excluding carboxylic acids is 2. The molecule has 0 aromatic heterocycles. The number of hydrogen-bond acceptors (Lipinski definition) is 5. The van der Waals surface area contributed by atoms with Gasteiger partial charge in [0, 0.05) is 18.3 Å². The van der Waals surface area contributed by atoms with Gasteiger partial charge in [-0.1, -0.05) is 13.3 Å². The van der Waals surface area contributed by atoms with Crippen LogP contribution in [-0.4, -0.2) is 48.6 Å². The van der Waals surface area contributed by atoms with E-state index in [1.54, 1.807) is 25.1 Å². The summed E-state index contributed by atoms with van der Waals surface area (Å²) in [5.41, 5.74) is 5.74. The molecule has 2 amide bonds. The maximum absolute atomic E-state index is 12.5. The number of nitrogens with one attached hydrogen (secondary N) is 1. The molecule has 1 heterocycles. The monoisotopic (exact) mass is 349 g/mol. The van der Waals surface area contributed by atoms with Crippen LogP contribution in [0.15, 0.2) is 18.2 Å². The molecule has 25 heavy (non-hydrogen) atoms.